The van der Waals surface area contributed by atoms with Gasteiger partial charge in [0.2, 0.25) is 0 Å². The van der Waals surface area contributed by atoms with Crippen molar-refractivity contribution in [3.8, 4) is 0 Å². The molecule has 0 rings (SSSR count). The van der Waals surface area contributed by atoms with Crippen LogP contribution in [0.25, 0.3) is 0 Å². The van der Waals surface area contributed by atoms with Crippen molar-refractivity contribution in [2.24, 2.45) is 0 Å². The molecule has 8 heteroatoms. The molecule has 0 unspecified atom stereocenters. The molecule has 3 nitrogen and oxygen atoms in total. The fourth-order valence-corrected chi connectivity index (χ4v) is 5.51. The summed E-state index contributed by atoms with van der Waals surface area (Å²) in [5.74, 6) is 1.07. The van der Waals surface area contributed by atoms with E-state index in [0.29, 0.717) is 17.3 Å². The highest BCUT2D eigenvalue weighted by molar-refractivity contribution is 8.32. The Bertz CT molecular complexity index is 285. The van der Waals surface area contributed by atoms with E-state index in [2.05, 4.69) is 3.63 Å². The number of hydrogen-bond donors (Lipinski definition) is 0. The third-order valence-corrected chi connectivity index (χ3v) is 8.02. The van der Waals surface area contributed by atoms with Gasteiger partial charge in [-0.15, -0.1) is 8.42 Å². The maximum atomic E-state index is 12.1. The fraction of sp³-hybridized carbons (Fsp3) is 1.00. The Labute approximate surface area is 89.6 Å². The third kappa shape index (κ3) is 3.53. The van der Waals surface area contributed by atoms with Crippen LogP contribution in [0.2, 0.25) is 0 Å². The molecule has 0 bridgehead atoms. The molecule has 94 valence electrons. The van der Waals surface area contributed by atoms with Gasteiger partial charge in [0.25, 0.3) is 0 Å². The molecule has 1 N–H and O–H groups in total. The van der Waals surface area contributed by atoms with Crippen LogP contribution in [0.5, 0.6) is 0 Å². The largest absolute Gasteiger partial charge is 0.572 e. The lowest BCUT2D eigenvalue weighted by Crippen LogP contribution is -2.32. The molecule has 0 saturated heterocycles. The van der Waals surface area contributed by atoms with Crippen LogP contribution in [0.4, 0.5) is 13.2 Å². The lowest BCUT2D eigenvalue weighted by Gasteiger charge is -2.30. The van der Waals surface area contributed by atoms with E-state index in [1.165, 1.54) is 0 Å². The molecule has 0 aliphatic carbocycles. The average molecular weight is 269 g/mol. The van der Waals surface area contributed by atoms with Crippen molar-refractivity contribution in [2.75, 3.05) is 17.3 Å². The zero-order chi connectivity index (χ0) is 12.3. The summed E-state index contributed by atoms with van der Waals surface area (Å²) in [4.78, 5) is 0. The van der Waals surface area contributed by atoms with E-state index in [4.69, 9.17) is 0 Å². The minimum absolute atomic E-state index is 0.356. The van der Waals surface area contributed by atoms with Gasteiger partial charge >= 0.3 is 15.6 Å². The summed E-state index contributed by atoms with van der Waals surface area (Å²) in [6, 6.07) is 0. The van der Waals surface area contributed by atoms with Crippen LogP contribution in [0.3, 0.4) is 0 Å². The highest BCUT2D eigenvalue weighted by Crippen LogP contribution is 2.49. The highest BCUT2D eigenvalue weighted by Gasteiger charge is 2.55. The summed E-state index contributed by atoms with van der Waals surface area (Å²) in [5.41, 5.74) is -5.27. The first kappa shape index (κ1) is 15.0. The van der Waals surface area contributed by atoms with Gasteiger partial charge in [0.05, 0.1) is 0 Å². The second kappa shape index (κ2) is 4.92. The normalized spacial score (nSPS) is 15.3. The molecular formula is C7H16F3O3S2+. The van der Waals surface area contributed by atoms with E-state index in [-0.39, 0.29) is 0 Å². The first-order chi connectivity index (χ1) is 6.64. The smallest absolute Gasteiger partial charge is 0.265 e. The molecule has 0 spiro atoms. The van der Waals surface area contributed by atoms with Gasteiger partial charge in [-0.1, -0.05) is 20.8 Å². The Morgan fingerprint density at radius 1 is 1.00 bits per heavy atom. The molecule has 0 aliphatic rings. The minimum Gasteiger partial charge on any atom is -0.265 e. The predicted octanol–water partition coefficient (Wildman–Crippen LogP) is 2.71. The topological polar surface area (TPSA) is 46.9 Å². The van der Waals surface area contributed by atoms with Crippen molar-refractivity contribution in [1.29, 1.82) is 0 Å². The summed E-state index contributed by atoms with van der Waals surface area (Å²) >= 11 is 0. The van der Waals surface area contributed by atoms with Gasteiger partial charge in [-0.25, -0.2) is 0 Å². The van der Waals surface area contributed by atoms with Gasteiger partial charge in [-0.3, -0.25) is 3.63 Å². The molecule has 0 saturated carbocycles. The van der Waals surface area contributed by atoms with E-state index >= 15 is 0 Å². The van der Waals surface area contributed by atoms with Gasteiger partial charge in [0.15, 0.2) is 0 Å². The zero-order valence-corrected chi connectivity index (χ0v) is 10.5. The lowest BCUT2D eigenvalue weighted by molar-refractivity contribution is -0.0540. The molecular weight excluding hydrogens is 253 g/mol. The van der Waals surface area contributed by atoms with Crippen LogP contribution >= 0.6 is 10.3 Å². The summed E-state index contributed by atoms with van der Waals surface area (Å²) in [7, 11) is -7.36. The average Bonchev–Trinajstić information content (AvgIpc) is 2.12. The zero-order valence-electron chi connectivity index (χ0n) is 8.84. The Morgan fingerprint density at radius 3 is 1.53 bits per heavy atom. The molecule has 0 fully saturated rings. The number of alkyl halides is 3. The molecule has 0 heterocycles. The van der Waals surface area contributed by atoms with Crippen molar-refractivity contribution in [1.82, 2.24) is 0 Å². The predicted molar refractivity (Wildman–Crippen MR) is 56.8 cm³/mol. The number of halogens is 3. The second-order valence-corrected chi connectivity index (χ2v) is 8.60. The van der Waals surface area contributed by atoms with E-state index in [9.17, 15) is 21.6 Å². The summed E-state index contributed by atoms with van der Waals surface area (Å²) < 4.78 is 61.2. The minimum atomic E-state index is -5.33. The first-order valence-electron chi connectivity index (χ1n) is 4.46. The summed E-state index contributed by atoms with van der Waals surface area (Å²) in [5, 5.41) is 0. The van der Waals surface area contributed by atoms with Crippen LogP contribution in [0, 0.1) is 0 Å². The molecule has 0 radical (unpaired) electrons. The fourth-order valence-electron chi connectivity index (χ4n) is 1.02. The van der Waals surface area contributed by atoms with E-state index in [1.807, 2.05) is 0 Å². The number of hydrogen-bond acceptors (Lipinski definition) is 2. The SMILES string of the molecule is CCS(CC)(CC)[OH+]S(=O)(=O)C(F)(F)F. The Morgan fingerprint density at radius 2 is 1.33 bits per heavy atom. The van der Waals surface area contributed by atoms with Crippen molar-refractivity contribution >= 4 is 20.4 Å². The van der Waals surface area contributed by atoms with Gasteiger partial charge < -0.3 is 0 Å². The molecule has 0 atom stereocenters. The molecule has 0 amide bonds. The van der Waals surface area contributed by atoms with Crippen LogP contribution < -0.4 is 0 Å². The molecule has 0 aromatic carbocycles. The van der Waals surface area contributed by atoms with E-state index in [1.54, 1.807) is 20.8 Å². The van der Waals surface area contributed by atoms with Crippen molar-refractivity contribution in [3.63, 3.8) is 0 Å². The van der Waals surface area contributed by atoms with Gasteiger partial charge in [0.1, 0.15) is 0 Å². The van der Waals surface area contributed by atoms with Gasteiger partial charge in [-0.05, 0) is 10.3 Å². The first-order valence-corrected chi connectivity index (χ1v) is 7.99. The van der Waals surface area contributed by atoms with Gasteiger partial charge in [0, 0.05) is 17.3 Å². The van der Waals surface area contributed by atoms with Crippen LogP contribution in [0.15, 0.2) is 0 Å². The van der Waals surface area contributed by atoms with E-state index in [0.717, 1.165) is 0 Å². The van der Waals surface area contributed by atoms with Crippen molar-refractivity contribution in [2.45, 2.75) is 26.3 Å². The van der Waals surface area contributed by atoms with E-state index < -0.39 is 25.9 Å². The van der Waals surface area contributed by atoms with Crippen molar-refractivity contribution < 1.29 is 25.2 Å². The highest BCUT2D eigenvalue weighted by atomic mass is 32.3. The standard InChI is InChI=1S/C7H15F3O3S2/c1-4-14(5-2,6-3)13-15(11,12)7(8,9)10/h4-6H2,1-3H3/p+1. The monoisotopic (exact) mass is 269 g/mol. The Hall–Kier alpha value is 0.0500. The lowest BCUT2D eigenvalue weighted by atomic mass is 10.9. The Balaban J connectivity index is 5.00. The maximum absolute atomic E-state index is 12.1. The molecule has 0 aromatic rings. The third-order valence-electron chi connectivity index (χ3n) is 2.16. The quantitative estimate of drug-likeness (QED) is 0.437. The number of rotatable bonds is 5. The van der Waals surface area contributed by atoms with Crippen LogP contribution in [-0.2, 0) is 10.1 Å². The second-order valence-electron chi connectivity index (χ2n) is 2.86. The molecule has 0 aliphatic heterocycles. The maximum Gasteiger partial charge on any atom is 0.572 e. The Kier molecular flexibility index (Phi) is 4.94. The van der Waals surface area contributed by atoms with Crippen LogP contribution in [0.1, 0.15) is 20.8 Å². The summed E-state index contributed by atoms with van der Waals surface area (Å²) in [6.45, 7) is 4.99. The van der Waals surface area contributed by atoms with Crippen LogP contribution in [-0.4, -0.2) is 34.8 Å². The van der Waals surface area contributed by atoms with Crippen molar-refractivity contribution in [3.05, 3.63) is 0 Å². The molecule has 15 heavy (non-hydrogen) atoms. The molecule has 0 aromatic heterocycles. The summed E-state index contributed by atoms with van der Waals surface area (Å²) in [6.07, 6.45) is 0. The van der Waals surface area contributed by atoms with Gasteiger partial charge in [-0.2, -0.15) is 13.2 Å².